The standard InChI is InChI=1S/C24H25Cl2NO5/c1-14(2)32-17-8-5-15(6-9-17)22(28)20-21(18-10-7-16(25)13-19(18)26)27(11-4-12-31-3)24(30)23(20)29/h5-10,13-14,21,28H,4,11-12H2,1-3H3/b22-20+/t21-/m1/s1. The molecule has 1 heterocycles. The molecule has 0 aromatic heterocycles. The predicted octanol–water partition coefficient (Wildman–Crippen LogP) is 5.24. The molecule has 170 valence electrons. The lowest BCUT2D eigenvalue weighted by atomic mass is 9.95. The number of nitrogens with zero attached hydrogens (tertiary/aromatic N) is 1. The smallest absolute Gasteiger partial charge is 0.295 e. The molecule has 0 aliphatic carbocycles. The quantitative estimate of drug-likeness (QED) is 0.243. The van der Waals surface area contributed by atoms with E-state index in [1.807, 2.05) is 13.8 Å². The Morgan fingerprint density at radius 1 is 1.12 bits per heavy atom. The van der Waals surface area contributed by atoms with Crippen LogP contribution in [-0.4, -0.2) is 48.1 Å². The molecule has 1 saturated heterocycles. The topological polar surface area (TPSA) is 76.1 Å². The van der Waals surface area contributed by atoms with Gasteiger partial charge in [0, 0.05) is 35.9 Å². The molecular formula is C24H25Cl2NO5. The van der Waals surface area contributed by atoms with E-state index in [1.165, 1.54) is 4.90 Å². The van der Waals surface area contributed by atoms with Crippen LogP contribution in [0.3, 0.4) is 0 Å². The Morgan fingerprint density at radius 2 is 1.81 bits per heavy atom. The number of halogens is 2. The number of ether oxygens (including phenoxy) is 2. The van der Waals surface area contributed by atoms with Crippen LogP contribution in [0.1, 0.15) is 37.4 Å². The monoisotopic (exact) mass is 477 g/mol. The minimum absolute atomic E-state index is 0.00100. The molecule has 1 N–H and O–H groups in total. The highest BCUT2D eigenvalue weighted by atomic mass is 35.5. The highest BCUT2D eigenvalue weighted by Crippen LogP contribution is 2.42. The Morgan fingerprint density at radius 3 is 2.41 bits per heavy atom. The number of aliphatic hydroxyl groups excluding tert-OH is 1. The van der Waals surface area contributed by atoms with Crippen molar-refractivity contribution in [1.29, 1.82) is 0 Å². The molecule has 1 fully saturated rings. The first kappa shape index (κ1) is 24.1. The fraction of sp³-hybridized carbons (Fsp3) is 0.333. The van der Waals surface area contributed by atoms with Crippen LogP contribution in [0, 0.1) is 0 Å². The first-order valence-corrected chi connectivity index (χ1v) is 11.0. The largest absolute Gasteiger partial charge is 0.507 e. The van der Waals surface area contributed by atoms with Crippen LogP contribution < -0.4 is 4.74 Å². The van der Waals surface area contributed by atoms with Crippen molar-refractivity contribution in [1.82, 2.24) is 4.90 Å². The van der Waals surface area contributed by atoms with Crippen molar-refractivity contribution in [2.24, 2.45) is 0 Å². The lowest BCUT2D eigenvalue weighted by Gasteiger charge is -2.26. The number of Topliss-reactive ketones (excluding diaryl/α,β-unsaturated/α-hetero) is 1. The molecule has 0 saturated carbocycles. The summed E-state index contributed by atoms with van der Waals surface area (Å²) >= 11 is 12.5. The number of benzene rings is 2. The van der Waals surface area contributed by atoms with Crippen molar-refractivity contribution in [3.63, 3.8) is 0 Å². The Kier molecular flexibility index (Phi) is 7.82. The summed E-state index contributed by atoms with van der Waals surface area (Å²) < 4.78 is 10.7. The van der Waals surface area contributed by atoms with Crippen LogP contribution in [0.25, 0.3) is 5.76 Å². The number of aliphatic hydroxyl groups is 1. The zero-order chi connectivity index (χ0) is 23.4. The summed E-state index contributed by atoms with van der Waals surface area (Å²) in [5, 5.41) is 11.8. The molecule has 1 aliphatic heterocycles. The molecule has 2 aromatic rings. The number of hydrogen-bond donors (Lipinski definition) is 1. The van der Waals surface area contributed by atoms with Gasteiger partial charge in [-0.15, -0.1) is 0 Å². The lowest BCUT2D eigenvalue weighted by Crippen LogP contribution is -2.31. The van der Waals surface area contributed by atoms with E-state index in [1.54, 1.807) is 49.6 Å². The van der Waals surface area contributed by atoms with Crippen LogP contribution in [0.2, 0.25) is 10.0 Å². The molecule has 1 aliphatic rings. The summed E-state index contributed by atoms with van der Waals surface area (Å²) in [4.78, 5) is 27.3. The van der Waals surface area contributed by atoms with Crippen LogP contribution in [-0.2, 0) is 14.3 Å². The van der Waals surface area contributed by atoms with Gasteiger partial charge < -0.3 is 19.5 Å². The number of carbonyl (C=O) groups excluding carboxylic acids is 2. The van der Waals surface area contributed by atoms with Gasteiger partial charge in [0.05, 0.1) is 17.7 Å². The van der Waals surface area contributed by atoms with Gasteiger partial charge >= 0.3 is 0 Å². The van der Waals surface area contributed by atoms with E-state index in [0.717, 1.165) is 0 Å². The highest BCUT2D eigenvalue weighted by Gasteiger charge is 2.46. The second-order valence-electron chi connectivity index (χ2n) is 7.70. The van der Waals surface area contributed by atoms with Crippen LogP contribution in [0.15, 0.2) is 48.0 Å². The minimum atomic E-state index is -0.844. The molecule has 2 aromatic carbocycles. The molecule has 32 heavy (non-hydrogen) atoms. The number of hydrogen-bond acceptors (Lipinski definition) is 5. The van der Waals surface area contributed by atoms with Crippen LogP contribution >= 0.6 is 23.2 Å². The zero-order valence-electron chi connectivity index (χ0n) is 18.1. The van der Waals surface area contributed by atoms with Gasteiger partial charge in [-0.2, -0.15) is 0 Å². The highest BCUT2D eigenvalue weighted by molar-refractivity contribution is 6.47. The van der Waals surface area contributed by atoms with E-state index in [2.05, 4.69) is 0 Å². The van der Waals surface area contributed by atoms with Gasteiger partial charge in [-0.3, -0.25) is 9.59 Å². The average Bonchev–Trinajstić information content (AvgIpc) is 2.98. The molecule has 0 unspecified atom stereocenters. The molecule has 6 nitrogen and oxygen atoms in total. The first-order chi connectivity index (χ1) is 15.2. The third-order valence-electron chi connectivity index (χ3n) is 5.04. The number of amides is 1. The minimum Gasteiger partial charge on any atom is -0.507 e. The number of rotatable bonds is 8. The maximum Gasteiger partial charge on any atom is 0.295 e. The van der Waals surface area contributed by atoms with Crippen molar-refractivity contribution in [2.75, 3.05) is 20.3 Å². The molecule has 1 atom stereocenters. The van der Waals surface area contributed by atoms with E-state index in [9.17, 15) is 14.7 Å². The number of methoxy groups -OCH3 is 1. The number of carbonyl (C=O) groups is 2. The summed E-state index contributed by atoms with van der Waals surface area (Å²) in [7, 11) is 1.56. The van der Waals surface area contributed by atoms with Gasteiger partial charge in [0.15, 0.2) is 0 Å². The van der Waals surface area contributed by atoms with Crippen molar-refractivity contribution in [2.45, 2.75) is 32.4 Å². The van der Waals surface area contributed by atoms with Crippen LogP contribution in [0.4, 0.5) is 0 Å². The zero-order valence-corrected chi connectivity index (χ0v) is 19.6. The molecule has 8 heteroatoms. The van der Waals surface area contributed by atoms with Gasteiger partial charge in [0.2, 0.25) is 0 Å². The van der Waals surface area contributed by atoms with Gasteiger partial charge in [-0.05, 0) is 62.2 Å². The van der Waals surface area contributed by atoms with E-state index in [4.69, 9.17) is 32.7 Å². The van der Waals surface area contributed by atoms with Gasteiger partial charge in [0.25, 0.3) is 11.7 Å². The summed E-state index contributed by atoms with van der Waals surface area (Å²) in [6, 6.07) is 10.7. The Hall–Kier alpha value is -2.54. The third-order valence-corrected chi connectivity index (χ3v) is 5.61. The Bertz CT molecular complexity index is 1030. The van der Waals surface area contributed by atoms with E-state index < -0.39 is 17.7 Å². The Balaban J connectivity index is 2.09. The van der Waals surface area contributed by atoms with Crippen molar-refractivity contribution >= 4 is 40.7 Å². The molecule has 0 bridgehead atoms. The maximum atomic E-state index is 13.0. The molecule has 3 rings (SSSR count). The molecular weight excluding hydrogens is 453 g/mol. The van der Waals surface area contributed by atoms with Crippen molar-refractivity contribution in [3.05, 3.63) is 69.2 Å². The van der Waals surface area contributed by atoms with E-state index in [0.29, 0.717) is 39.9 Å². The van der Waals surface area contributed by atoms with E-state index in [-0.39, 0.29) is 24.0 Å². The summed E-state index contributed by atoms with van der Waals surface area (Å²) in [5.41, 5.74) is 0.884. The summed E-state index contributed by atoms with van der Waals surface area (Å²) in [6.07, 6.45) is 0.519. The van der Waals surface area contributed by atoms with Gasteiger partial charge in [-0.1, -0.05) is 29.3 Å². The second-order valence-corrected chi connectivity index (χ2v) is 8.54. The Labute approximate surface area is 197 Å². The third kappa shape index (κ3) is 5.09. The van der Waals surface area contributed by atoms with Crippen molar-refractivity contribution < 1.29 is 24.2 Å². The summed E-state index contributed by atoms with van der Waals surface area (Å²) in [6.45, 7) is 4.50. The summed E-state index contributed by atoms with van der Waals surface area (Å²) in [5.74, 6) is -1.10. The van der Waals surface area contributed by atoms with E-state index >= 15 is 0 Å². The average molecular weight is 478 g/mol. The second kappa shape index (κ2) is 10.4. The van der Waals surface area contributed by atoms with Crippen LogP contribution in [0.5, 0.6) is 5.75 Å². The first-order valence-electron chi connectivity index (χ1n) is 10.2. The normalized spacial score (nSPS) is 17.9. The van der Waals surface area contributed by atoms with Gasteiger partial charge in [0.1, 0.15) is 11.5 Å². The number of likely N-dealkylation sites (tertiary alicyclic amines) is 1. The predicted molar refractivity (Wildman–Crippen MR) is 124 cm³/mol. The maximum absolute atomic E-state index is 13.0. The number of ketones is 1. The van der Waals surface area contributed by atoms with Crippen molar-refractivity contribution in [3.8, 4) is 5.75 Å². The fourth-order valence-electron chi connectivity index (χ4n) is 3.66. The molecule has 0 radical (unpaired) electrons. The fourth-order valence-corrected chi connectivity index (χ4v) is 4.17. The SMILES string of the molecule is COCCCN1C(=O)C(=O)/C(=C(/O)c2ccc(OC(C)C)cc2)[C@H]1c1ccc(Cl)cc1Cl. The lowest BCUT2D eigenvalue weighted by molar-refractivity contribution is -0.140. The molecule has 0 spiro atoms. The van der Waals surface area contributed by atoms with Gasteiger partial charge in [-0.25, -0.2) is 0 Å². The molecule has 1 amide bonds.